The summed E-state index contributed by atoms with van der Waals surface area (Å²) in [4.78, 5) is 4.38. The second-order valence-corrected chi connectivity index (χ2v) is 5.70. The van der Waals surface area contributed by atoms with Crippen LogP contribution in [0.1, 0.15) is 24.5 Å². The number of nitrogens with two attached hydrogens (primary N) is 1. The highest BCUT2D eigenvalue weighted by Crippen LogP contribution is 2.28. The van der Waals surface area contributed by atoms with E-state index in [2.05, 4.69) is 29.4 Å². The van der Waals surface area contributed by atoms with Gasteiger partial charge in [-0.3, -0.25) is 0 Å². The van der Waals surface area contributed by atoms with Crippen LogP contribution >= 0.6 is 24.0 Å². The van der Waals surface area contributed by atoms with Gasteiger partial charge in [-0.1, -0.05) is 43.3 Å². The molecule has 3 N–H and O–H groups in total. The first kappa shape index (κ1) is 22.1. The zero-order valence-electron chi connectivity index (χ0n) is 15.4. The molecule has 0 amide bonds. The van der Waals surface area contributed by atoms with E-state index >= 15 is 0 Å². The van der Waals surface area contributed by atoms with Gasteiger partial charge in [0.15, 0.2) is 17.5 Å². The van der Waals surface area contributed by atoms with Gasteiger partial charge in [-0.2, -0.15) is 0 Å². The maximum absolute atomic E-state index is 5.93. The molecule has 6 heteroatoms. The monoisotopic (exact) mass is 469 g/mol. The molecule has 2 aromatic carbocycles. The van der Waals surface area contributed by atoms with E-state index in [1.165, 1.54) is 5.56 Å². The lowest BCUT2D eigenvalue weighted by atomic mass is 10.1. The summed E-state index contributed by atoms with van der Waals surface area (Å²) >= 11 is 0. The maximum Gasteiger partial charge on any atom is 0.188 e. The Hall–Kier alpha value is -1.96. The lowest BCUT2D eigenvalue weighted by Crippen LogP contribution is -2.33. The fraction of sp³-hybridized carbons (Fsp3) is 0.350. The van der Waals surface area contributed by atoms with Crippen LogP contribution in [-0.4, -0.2) is 26.2 Å². The van der Waals surface area contributed by atoms with Gasteiger partial charge >= 0.3 is 0 Å². The fourth-order valence-electron chi connectivity index (χ4n) is 2.35. The second kappa shape index (κ2) is 12.4. The predicted molar refractivity (Wildman–Crippen MR) is 118 cm³/mol. The topological polar surface area (TPSA) is 68.9 Å². The molecule has 0 aliphatic carbocycles. The highest BCUT2D eigenvalue weighted by molar-refractivity contribution is 14.0. The van der Waals surface area contributed by atoms with Gasteiger partial charge in [-0.15, -0.1) is 24.0 Å². The fourth-order valence-corrected chi connectivity index (χ4v) is 2.35. The molecule has 0 atom stereocenters. The van der Waals surface area contributed by atoms with Crippen molar-refractivity contribution in [3.05, 3.63) is 59.7 Å². The van der Waals surface area contributed by atoms with Gasteiger partial charge < -0.3 is 20.5 Å². The Labute approximate surface area is 173 Å². The van der Waals surface area contributed by atoms with Crippen LogP contribution in [0.4, 0.5) is 0 Å². The first-order valence-electron chi connectivity index (χ1n) is 8.60. The minimum Gasteiger partial charge on any atom is -0.493 e. The standard InChI is InChI=1S/C20H27N3O2.HI/c1-3-13-25-18-10-9-17(14-19(18)24-2)15-23-20(21)22-12-11-16-7-5-4-6-8-16;/h4-10,14H,3,11-13,15H2,1-2H3,(H3,21,22,23);1H. The lowest BCUT2D eigenvalue weighted by molar-refractivity contribution is 0.294. The normalized spacial score (nSPS) is 10.8. The Bertz CT molecular complexity index is 678. The number of methoxy groups -OCH3 is 1. The van der Waals surface area contributed by atoms with Gasteiger partial charge in [0, 0.05) is 6.54 Å². The van der Waals surface area contributed by atoms with E-state index in [4.69, 9.17) is 15.2 Å². The average Bonchev–Trinajstić information content (AvgIpc) is 2.65. The van der Waals surface area contributed by atoms with Crippen molar-refractivity contribution in [1.29, 1.82) is 0 Å². The molecule has 0 fully saturated rings. The molecule has 0 aliphatic rings. The van der Waals surface area contributed by atoms with E-state index in [1.54, 1.807) is 7.11 Å². The highest BCUT2D eigenvalue weighted by Gasteiger charge is 2.05. The summed E-state index contributed by atoms with van der Waals surface area (Å²) in [5, 5.41) is 3.14. The Morgan fingerprint density at radius 3 is 2.54 bits per heavy atom. The Morgan fingerprint density at radius 1 is 1.08 bits per heavy atom. The number of nitrogens with zero attached hydrogens (tertiary/aromatic N) is 1. The minimum absolute atomic E-state index is 0. The molecular weight excluding hydrogens is 441 g/mol. The molecular formula is C20H28IN3O2. The summed E-state index contributed by atoms with van der Waals surface area (Å²) in [6.07, 6.45) is 1.87. The molecule has 0 radical (unpaired) electrons. The molecule has 26 heavy (non-hydrogen) atoms. The van der Waals surface area contributed by atoms with Gasteiger partial charge in [-0.05, 0) is 36.1 Å². The number of nitrogens with one attached hydrogen (secondary N) is 1. The molecule has 0 aliphatic heterocycles. The van der Waals surface area contributed by atoms with E-state index in [0.29, 0.717) is 19.1 Å². The third kappa shape index (κ3) is 7.51. The number of halogens is 1. The van der Waals surface area contributed by atoms with E-state index in [-0.39, 0.29) is 24.0 Å². The molecule has 0 spiro atoms. The molecule has 2 rings (SSSR count). The van der Waals surface area contributed by atoms with Crippen molar-refractivity contribution in [3.63, 3.8) is 0 Å². The summed E-state index contributed by atoms with van der Waals surface area (Å²) in [7, 11) is 1.64. The average molecular weight is 469 g/mol. The first-order chi connectivity index (χ1) is 12.2. The molecule has 0 saturated heterocycles. The summed E-state index contributed by atoms with van der Waals surface area (Å²) in [5.41, 5.74) is 8.23. The second-order valence-electron chi connectivity index (χ2n) is 5.70. The predicted octanol–water partition coefficient (Wildman–Crippen LogP) is 3.75. The number of rotatable bonds is 9. The van der Waals surface area contributed by atoms with Crippen LogP contribution in [0.2, 0.25) is 0 Å². The SMILES string of the molecule is CCCOc1ccc(CN=C(N)NCCc2ccccc2)cc1OC.I. The maximum atomic E-state index is 5.93. The van der Waals surface area contributed by atoms with E-state index in [0.717, 1.165) is 36.4 Å². The van der Waals surface area contributed by atoms with E-state index in [9.17, 15) is 0 Å². The van der Waals surface area contributed by atoms with Crippen LogP contribution in [0, 0.1) is 0 Å². The van der Waals surface area contributed by atoms with Crippen LogP contribution in [0.15, 0.2) is 53.5 Å². The lowest BCUT2D eigenvalue weighted by Gasteiger charge is -2.11. The summed E-state index contributed by atoms with van der Waals surface area (Å²) in [6.45, 7) is 4.00. The third-order valence-electron chi connectivity index (χ3n) is 3.68. The van der Waals surface area contributed by atoms with Crippen LogP contribution in [0.5, 0.6) is 11.5 Å². The number of aliphatic imine (C=N–C) groups is 1. The minimum atomic E-state index is 0. The van der Waals surface area contributed by atoms with Gasteiger partial charge in [0.2, 0.25) is 0 Å². The van der Waals surface area contributed by atoms with Crippen molar-refractivity contribution in [2.75, 3.05) is 20.3 Å². The van der Waals surface area contributed by atoms with Crippen molar-refractivity contribution in [2.45, 2.75) is 26.3 Å². The molecule has 0 saturated carbocycles. The molecule has 0 unspecified atom stereocenters. The summed E-state index contributed by atoms with van der Waals surface area (Å²) in [5.74, 6) is 1.92. The van der Waals surface area contributed by atoms with Crippen LogP contribution in [0.25, 0.3) is 0 Å². The Balaban J connectivity index is 0.00000338. The molecule has 142 valence electrons. The Morgan fingerprint density at radius 2 is 1.85 bits per heavy atom. The zero-order chi connectivity index (χ0) is 17.9. The first-order valence-corrected chi connectivity index (χ1v) is 8.60. The van der Waals surface area contributed by atoms with Gasteiger partial charge in [-0.25, -0.2) is 4.99 Å². The summed E-state index contributed by atoms with van der Waals surface area (Å²) < 4.78 is 11.0. The van der Waals surface area contributed by atoms with E-state index in [1.807, 2.05) is 36.4 Å². The van der Waals surface area contributed by atoms with Crippen molar-refractivity contribution >= 4 is 29.9 Å². The molecule has 2 aromatic rings. The van der Waals surface area contributed by atoms with Gasteiger partial charge in [0.05, 0.1) is 20.3 Å². The van der Waals surface area contributed by atoms with Crippen LogP contribution < -0.4 is 20.5 Å². The Kier molecular flexibility index (Phi) is 10.5. The highest BCUT2D eigenvalue weighted by atomic mass is 127. The van der Waals surface area contributed by atoms with Crippen molar-refractivity contribution in [2.24, 2.45) is 10.7 Å². The van der Waals surface area contributed by atoms with Crippen LogP contribution in [0.3, 0.4) is 0 Å². The number of hydrogen-bond acceptors (Lipinski definition) is 3. The molecule has 0 aromatic heterocycles. The molecule has 0 bridgehead atoms. The number of benzene rings is 2. The number of guanidine groups is 1. The van der Waals surface area contributed by atoms with Gasteiger partial charge in [0.1, 0.15) is 0 Å². The summed E-state index contributed by atoms with van der Waals surface area (Å²) in [6, 6.07) is 16.1. The third-order valence-corrected chi connectivity index (χ3v) is 3.68. The van der Waals surface area contributed by atoms with Gasteiger partial charge in [0.25, 0.3) is 0 Å². The quantitative estimate of drug-likeness (QED) is 0.334. The number of ether oxygens (including phenoxy) is 2. The smallest absolute Gasteiger partial charge is 0.188 e. The molecule has 5 nitrogen and oxygen atoms in total. The van der Waals surface area contributed by atoms with Crippen molar-refractivity contribution in [3.8, 4) is 11.5 Å². The van der Waals surface area contributed by atoms with E-state index < -0.39 is 0 Å². The molecule has 0 heterocycles. The number of hydrogen-bond donors (Lipinski definition) is 2. The van der Waals surface area contributed by atoms with Crippen LogP contribution in [-0.2, 0) is 13.0 Å². The largest absolute Gasteiger partial charge is 0.493 e. The van der Waals surface area contributed by atoms with Crippen molar-refractivity contribution < 1.29 is 9.47 Å². The van der Waals surface area contributed by atoms with Crippen molar-refractivity contribution in [1.82, 2.24) is 5.32 Å². The zero-order valence-corrected chi connectivity index (χ0v) is 17.7.